The third-order valence-corrected chi connectivity index (χ3v) is 3.24. The Balaban J connectivity index is 1.69. The second-order valence-electron chi connectivity index (χ2n) is 4.92. The van der Waals surface area contributed by atoms with Crippen LogP contribution in [-0.4, -0.2) is 38.6 Å². The molecule has 2 N–H and O–H groups in total. The van der Waals surface area contributed by atoms with Crippen molar-refractivity contribution in [3.63, 3.8) is 0 Å². The van der Waals surface area contributed by atoms with Crippen LogP contribution in [0.25, 0.3) is 11.5 Å². The number of rotatable bonds is 6. The Hall–Kier alpha value is -3.29. The molecule has 122 valence electrons. The monoisotopic (exact) mass is 324 g/mol. The molecule has 0 fully saturated rings. The van der Waals surface area contributed by atoms with E-state index in [0.717, 1.165) is 0 Å². The maximum atomic E-state index is 11.8. The number of hydrogen-bond donors (Lipinski definition) is 2. The molecule has 3 rings (SSSR count). The molecule has 3 aromatic heterocycles. The Morgan fingerprint density at radius 2 is 2.12 bits per heavy atom. The molecule has 0 aliphatic heterocycles. The minimum absolute atomic E-state index is 0.204. The van der Waals surface area contributed by atoms with Crippen molar-refractivity contribution in [1.29, 1.82) is 0 Å². The Labute approximate surface area is 138 Å². The zero-order valence-electron chi connectivity index (χ0n) is 13.1. The van der Waals surface area contributed by atoms with Gasteiger partial charge in [-0.05, 0) is 12.1 Å². The van der Waals surface area contributed by atoms with E-state index < -0.39 is 0 Å². The third-order valence-electron chi connectivity index (χ3n) is 3.24. The van der Waals surface area contributed by atoms with Gasteiger partial charge in [0.15, 0.2) is 5.82 Å². The van der Waals surface area contributed by atoms with E-state index in [4.69, 9.17) is 4.74 Å². The first-order chi connectivity index (χ1) is 11.7. The number of H-pyrrole nitrogens is 1. The molecular weight excluding hydrogens is 308 g/mol. The first-order valence-corrected chi connectivity index (χ1v) is 7.36. The average Bonchev–Trinajstić information content (AvgIpc) is 2.62. The lowest BCUT2D eigenvalue weighted by molar-refractivity contribution is 0.397. The van der Waals surface area contributed by atoms with Crippen LogP contribution in [0.5, 0.6) is 5.88 Å². The molecule has 8 heteroatoms. The number of nitrogens with one attached hydrogen (secondary N) is 2. The highest BCUT2D eigenvalue weighted by molar-refractivity contribution is 5.48. The summed E-state index contributed by atoms with van der Waals surface area (Å²) in [7, 11) is 1.55. The largest absolute Gasteiger partial charge is 0.481 e. The summed E-state index contributed by atoms with van der Waals surface area (Å²) in [5.41, 5.74) is 1.10. The van der Waals surface area contributed by atoms with E-state index >= 15 is 0 Å². The summed E-state index contributed by atoms with van der Waals surface area (Å²) in [5.74, 6) is 1.60. The molecule has 0 bridgehead atoms. The van der Waals surface area contributed by atoms with E-state index in [0.29, 0.717) is 41.9 Å². The topological polar surface area (TPSA) is 106 Å². The van der Waals surface area contributed by atoms with Crippen LogP contribution in [-0.2, 0) is 6.42 Å². The summed E-state index contributed by atoms with van der Waals surface area (Å²) in [4.78, 5) is 31.2. The first-order valence-electron chi connectivity index (χ1n) is 7.36. The van der Waals surface area contributed by atoms with Gasteiger partial charge < -0.3 is 15.0 Å². The quantitative estimate of drug-likeness (QED) is 0.703. The van der Waals surface area contributed by atoms with Gasteiger partial charge in [0.1, 0.15) is 17.8 Å². The predicted octanol–water partition coefficient (Wildman–Crippen LogP) is 1.29. The van der Waals surface area contributed by atoms with Crippen LogP contribution in [0.15, 0.2) is 47.7 Å². The van der Waals surface area contributed by atoms with Gasteiger partial charge in [-0.25, -0.2) is 15.0 Å². The molecule has 24 heavy (non-hydrogen) atoms. The molecule has 0 spiro atoms. The summed E-state index contributed by atoms with van der Waals surface area (Å²) >= 11 is 0. The number of ether oxygens (including phenoxy) is 1. The van der Waals surface area contributed by atoms with E-state index in [1.54, 1.807) is 25.4 Å². The fourth-order valence-corrected chi connectivity index (χ4v) is 2.13. The van der Waals surface area contributed by atoms with Gasteiger partial charge >= 0.3 is 0 Å². The lowest BCUT2D eigenvalue weighted by Gasteiger charge is -2.07. The fraction of sp³-hybridized carbons (Fsp3) is 0.188. The Bertz CT molecular complexity index is 866. The Morgan fingerprint density at radius 3 is 2.92 bits per heavy atom. The van der Waals surface area contributed by atoms with Gasteiger partial charge in [-0.2, -0.15) is 0 Å². The van der Waals surface area contributed by atoms with Crippen LogP contribution in [0.2, 0.25) is 0 Å². The van der Waals surface area contributed by atoms with Gasteiger partial charge in [0.05, 0.1) is 12.8 Å². The van der Waals surface area contributed by atoms with E-state index in [9.17, 15) is 4.79 Å². The minimum atomic E-state index is -0.204. The Kier molecular flexibility index (Phi) is 4.76. The molecule has 0 unspecified atom stereocenters. The van der Waals surface area contributed by atoms with Crippen molar-refractivity contribution in [3.05, 3.63) is 58.9 Å². The zero-order valence-corrected chi connectivity index (χ0v) is 13.1. The van der Waals surface area contributed by atoms with Crippen molar-refractivity contribution < 1.29 is 4.74 Å². The molecule has 8 nitrogen and oxygen atoms in total. The summed E-state index contributed by atoms with van der Waals surface area (Å²) in [5, 5.41) is 3.15. The van der Waals surface area contributed by atoms with Crippen molar-refractivity contribution in [1.82, 2.24) is 24.9 Å². The van der Waals surface area contributed by atoms with Gasteiger partial charge in [-0.3, -0.25) is 9.78 Å². The van der Waals surface area contributed by atoms with Crippen LogP contribution in [0.4, 0.5) is 5.82 Å². The van der Waals surface area contributed by atoms with E-state index in [-0.39, 0.29) is 5.56 Å². The summed E-state index contributed by atoms with van der Waals surface area (Å²) in [6.45, 7) is 0.568. The van der Waals surface area contributed by atoms with Crippen molar-refractivity contribution >= 4 is 5.82 Å². The second kappa shape index (κ2) is 7.32. The smallest absolute Gasteiger partial charge is 0.251 e. The van der Waals surface area contributed by atoms with Crippen LogP contribution in [0.3, 0.4) is 0 Å². The van der Waals surface area contributed by atoms with Gasteiger partial charge in [0, 0.05) is 31.3 Å². The van der Waals surface area contributed by atoms with E-state index in [1.165, 1.54) is 12.4 Å². The molecule has 3 aromatic rings. The fourth-order valence-electron chi connectivity index (χ4n) is 2.13. The third kappa shape index (κ3) is 3.92. The van der Waals surface area contributed by atoms with Gasteiger partial charge in [-0.15, -0.1) is 0 Å². The highest BCUT2D eigenvalue weighted by Gasteiger charge is 2.05. The maximum Gasteiger partial charge on any atom is 0.251 e. The van der Waals surface area contributed by atoms with Crippen LogP contribution >= 0.6 is 0 Å². The molecule has 0 aliphatic carbocycles. The van der Waals surface area contributed by atoms with E-state index in [1.807, 2.05) is 12.1 Å². The van der Waals surface area contributed by atoms with Gasteiger partial charge in [0.2, 0.25) is 5.88 Å². The molecule has 0 atom stereocenters. The molecule has 0 aromatic carbocycles. The normalized spacial score (nSPS) is 10.4. The molecule has 0 saturated carbocycles. The summed E-state index contributed by atoms with van der Waals surface area (Å²) in [6.07, 6.45) is 3.65. The number of aromatic nitrogens is 5. The number of hydrogen-bond acceptors (Lipinski definition) is 7. The number of anilines is 1. The molecular formula is C16H16N6O2. The van der Waals surface area contributed by atoms with Crippen molar-refractivity contribution in [2.45, 2.75) is 6.42 Å². The van der Waals surface area contributed by atoms with E-state index in [2.05, 4.69) is 30.2 Å². The number of aromatic amines is 1. The highest BCUT2D eigenvalue weighted by atomic mass is 16.5. The van der Waals surface area contributed by atoms with Gasteiger partial charge in [-0.1, -0.05) is 6.07 Å². The number of pyridine rings is 1. The van der Waals surface area contributed by atoms with Crippen LogP contribution in [0.1, 0.15) is 5.69 Å². The highest BCUT2D eigenvalue weighted by Crippen LogP contribution is 2.11. The summed E-state index contributed by atoms with van der Waals surface area (Å²) in [6, 6.07) is 8.64. The van der Waals surface area contributed by atoms with Crippen molar-refractivity contribution in [2.24, 2.45) is 0 Å². The van der Waals surface area contributed by atoms with Crippen LogP contribution < -0.4 is 15.6 Å². The average molecular weight is 324 g/mol. The van der Waals surface area contributed by atoms with Crippen molar-refractivity contribution in [3.8, 4) is 17.4 Å². The number of methoxy groups -OCH3 is 1. The van der Waals surface area contributed by atoms with Crippen LogP contribution in [0, 0.1) is 0 Å². The SMILES string of the molecule is COc1cc(NCCc2cc(=O)[nH]c(-c3ccccn3)n2)ncn1. The molecule has 0 radical (unpaired) electrons. The molecule has 0 amide bonds. The molecule has 0 aliphatic rings. The standard InChI is InChI=1S/C16H16N6O2/c1-24-15-9-13(19-10-20-15)18-7-5-11-8-14(23)22-16(21-11)12-4-2-3-6-17-12/h2-4,6,8-10H,5,7H2,1H3,(H,18,19,20)(H,21,22,23). The second-order valence-corrected chi connectivity index (χ2v) is 4.92. The van der Waals surface area contributed by atoms with Gasteiger partial charge in [0.25, 0.3) is 5.56 Å². The Morgan fingerprint density at radius 1 is 1.21 bits per heavy atom. The first kappa shape index (κ1) is 15.6. The number of nitrogens with zero attached hydrogens (tertiary/aromatic N) is 4. The molecule has 3 heterocycles. The molecule has 0 saturated heterocycles. The summed E-state index contributed by atoms with van der Waals surface area (Å²) < 4.78 is 5.04. The predicted molar refractivity (Wildman–Crippen MR) is 88.9 cm³/mol. The lowest BCUT2D eigenvalue weighted by Crippen LogP contribution is -2.14. The zero-order chi connectivity index (χ0) is 16.8. The van der Waals surface area contributed by atoms with Crippen molar-refractivity contribution in [2.75, 3.05) is 19.0 Å². The maximum absolute atomic E-state index is 11.8. The minimum Gasteiger partial charge on any atom is -0.481 e. The lowest BCUT2D eigenvalue weighted by atomic mass is 10.2.